The summed E-state index contributed by atoms with van der Waals surface area (Å²) in [5.41, 5.74) is 1.37. The number of aromatic nitrogens is 3. The summed E-state index contributed by atoms with van der Waals surface area (Å²) < 4.78 is 11.7. The quantitative estimate of drug-likeness (QED) is 0.811. The topological polar surface area (TPSA) is 73.4 Å². The fourth-order valence-electron chi connectivity index (χ4n) is 2.06. The highest BCUT2D eigenvalue weighted by Gasteiger charge is 2.33. The average molecular weight is 262 g/mol. The molecule has 0 atom stereocenters. The van der Waals surface area contributed by atoms with Gasteiger partial charge in [-0.1, -0.05) is 5.21 Å². The molecule has 0 bridgehead atoms. The van der Waals surface area contributed by atoms with E-state index < -0.39 is 0 Å². The number of ether oxygens (including phenoxy) is 1. The molecular formula is C12H14N4O3. The highest BCUT2D eigenvalue weighted by atomic mass is 16.5. The smallest absolute Gasteiger partial charge is 0.257 e. The molecule has 0 radical (unpaired) electrons. The van der Waals surface area contributed by atoms with Crippen molar-refractivity contribution in [3.8, 4) is 0 Å². The lowest BCUT2D eigenvalue weighted by Gasteiger charge is -2.38. The van der Waals surface area contributed by atoms with E-state index in [4.69, 9.17) is 9.15 Å². The Hall–Kier alpha value is -2.15. The van der Waals surface area contributed by atoms with E-state index in [1.54, 1.807) is 22.8 Å². The number of likely N-dealkylation sites (tertiary alicyclic amines) is 1. The molecule has 19 heavy (non-hydrogen) atoms. The molecule has 3 heterocycles. The van der Waals surface area contributed by atoms with E-state index >= 15 is 0 Å². The Labute approximate surface area is 109 Å². The van der Waals surface area contributed by atoms with Crippen LogP contribution in [0.4, 0.5) is 0 Å². The Morgan fingerprint density at radius 2 is 2.42 bits per heavy atom. The summed E-state index contributed by atoms with van der Waals surface area (Å²) in [5.74, 6) is -0.0118. The summed E-state index contributed by atoms with van der Waals surface area (Å²) in [5, 5.41) is 8.04. The second kappa shape index (κ2) is 4.85. The van der Waals surface area contributed by atoms with Crippen LogP contribution in [0.25, 0.3) is 0 Å². The van der Waals surface area contributed by atoms with Crippen molar-refractivity contribution >= 4 is 5.91 Å². The lowest BCUT2D eigenvalue weighted by Crippen LogP contribution is -2.50. The average Bonchev–Trinajstić information content (AvgIpc) is 2.98. The summed E-state index contributed by atoms with van der Waals surface area (Å²) >= 11 is 0. The number of rotatable bonds is 4. The van der Waals surface area contributed by atoms with Gasteiger partial charge in [0.2, 0.25) is 0 Å². The van der Waals surface area contributed by atoms with Gasteiger partial charge in [0.05, 0.1) is 30.7 Å². The van der Waals surface area contributed by atoms with E-state index in [0.717, 1.165) is 5.69 Å². The molecule has 3 rings (SSSR count). The minimum absolute atomic E-state index is 0.0118. The van der Waals surface area contributed by atoms with Gasteiger partial charge in [-0.15, -0.1) is 5.10 Å². The van der Waals surface area contributed by atoms with Gasteiger partial charge < -0.3 is 14.1 Å². The van der Waals surface area contributed by atoms with Crippen LogP contribution in [0.15, 0.2) is 29.2 Å². The SMILES string of the molecule is COCc1cn(C2CN(C(=O)c3ccoc3)C2)nn1. The first kappa shape index (κ1) is 11.9. The van der Waals surface area contributed by atoms with Crippen LogP contribution in [0, 0.1) is 0 Å². The van der Waals surface area contributed by atoms with E-state index in [9.17, 15) is 4.79 Å². The molecule has 7 heteroatoms. The lowest BCUT2D eigenvalue weighted by atomic mass is 10.1. The monoisotopic (exact) mass is 262 g/mol. The maximum atomic E-state index is 12.0. The third-order valence-corrected chi connectivity index (χ3v) is 3.14. The predicted molar refractivity (Wildman–Crippen MR) is 64.4 cm³/mol. The predicted octanol–water partition coefficient (Wildman–Crippen LogP) is 0.715. The number of hydrogen-bond acceptors (Lipinski definition) is 5. The molecular weight excluding hydrogens is 248 g/mol. The van der Waals surface area contributed by atoms with Gasteiger partial charge in [-0.25, -0.2) is 4.68 Å². The van der Waals surface area contributed by atoms with Gasteiger partial charge in [-0.3, -0.25) is 4.79 Å². The Kier molecular flexibility index (Phi) is 3.04. The molecule has 2 aromatic heterocycles. The van der Waals surface area contributed by atoms with Crippen LogP contribution in [0.3, 0.4) is 0 Å². The lowest BCUT2D eigenvalue weighted by molar-refractivity contribution is 0.0497. The number of methoxy groups -OCH3 is 1. The molecule has 1 aliphatic heterocycles. The molecule has 100 valence electrons. The molecule has 1 amide bonds. The zero-order chi connectivity index (χ0) is 13.2. The van der Waals surface area contributed by atoms with Crippen LogP contribution >= 0.6 is 0 Å². The molecule has 0 spiro atoms. The van der Waals surface area contributed by atoms with Gasteiger partial charge in [0, 0.05) is 20.2 Å². The van der Waals surface area contributed by atoms with Crippen LogP contribution in [-0.2, 0) is 11.3 Å². The normalized spacial score (nSPS) is 15.5. The van der Waals surface area contributed by atoms with Crippen LogP contribution in [0.2, 0.25) is 0 Å². The first-order valence-corrected chi connectivity index (χ1v) is 5.99. The third kappa shape index (κ3) is 2.24. The standard InChI is InChI=1S/C12H14N4O3/c1-18-8-10-4-16(14-13-10)11-5-15(6-11)12(17)9-2-3-19-7-9/h2-4,7,11H,5-6,8H2,1H3. The summed E-state index contributed by atoms with van der Waals surface area (Å²) in [4.78, 5) is 13.7. The molecule has 2 aromatic rings. The van der Waals surface area contributed by atoms with Crippen molar-refractivity contribution in [2.24, 2.45) is 0 Å². The Morgan fingerprint density at radius 3 is 3.11 bits per heavy atom. The number of carbonyl (C=O) groups excluding carboxylic acids is 1. The van der Waals surface area contributed by atoms with Crippen LogP contribution in [0.1, 0.15) is 22.1 Å². The van der Waals surface area contributed by atoms with Crippen molar-refractivity contribution in [1.29, 1.82) is 0 Å². The van der Waals surface area contributed by atoms with E-state index in [0.29, 0.717) is 25.3 Å². The van der Waals surface area contributed by atoms with Crippen LogP contribution in [-0.4, -0.2) is 46.0 Å². The largest absolute Gasteiger partial charge is 0.472 e. The van der Waals surface area contributed by atoms with Crippen molar-refractivity contribution in [2.45, 2.75) is 12.6 Å². The molecule has 0 aromatic carbocycles. The molecule has 0 unspecified atom stereocenters. The first-order chi connectivity index (χ1) is 9.28. The number of carbonyl (C=O) groups is 1. The van der Waals surface area contributed by atoms with Gasteiger partial charge in [0.25, 0.3) is 5.91 Å². The summed E-state index contributed by atoms with van der Waals surface area (Å²) in [6.07, 6.45) is 4.81. The summed E-state index contributed by atoms with van der Waals surface area (Å²) in [6.45, 7) is 1.73. The fourth-order valence-corrected chi connectivity index (χ4v) is 2.06. The first-order valence-electron chi connectivity index (χ1n) is 5.99. The zero-order valence-electron chi connectivity index (χ0n) is 10.5. The second-order valence-corrected chi connectivity index (χ2v) is 4.50. The number of hydrogen-bond donors (Lipinski definition) is 0. The van der Waals surface area contributed by atoms with Gasteiger partial charge in [-0.2, -0.15) is 0 Å². The van der Waals surface area contributed by atoms with E-state index in [1.807, 2.05) is 6.20 Å². The maximum Gasteiger partial charge on any atom is 0.257 e. The van der Waals surface area contributed by atoms with Gasteiger partial charge in [-0.05, 0) is 6.07 Å². The minimum Gasteiger partial charge on any atom is -0.472 e. The Balaban J connectivity index is 1.58. The van der Waals surface area contributed by atoms with Crippen molar-refractivity contribution in [2.75, 3.05) is 20.2 Å². The fraction of sp³-hybridized carbons (Fsp3) is 0.417. The second-order valence-electron chi connectivity index (χ2n) is 4.50. The van der Waals surface area contributed by atoms with Gasteiger partial charge in [0.15, 0.2) is 0 Å². The Bertz CT molecular complexity index is 557. The third-order valence-electron chi connectivity index (χ3n) is 3.14. The number of furan rings is 1. The summed E-state index contributed by atoms with van der Waals surface area (Å²) in [7, 11) is 1.62. The molecule has 7 nitrogen and oxygen atoms in total. The maximum absolute atomic E-state index is 12.0. The van der Waals surface area contributed by atoms with Crippen LogP contribution in [0.5, 0.6) is 0 Å². The zero-order valence-corrected chi connectivity index (χ0v) is 10.5. The molecule has 1 fully saturated rings. The van der Waals surface area contributed by atoms with E-state index in [1.165, 1.54) is 12.5 Å². The molecule has 1 aliphatic rings. The highest BCUT2D eigenvalue weighted by molar-refractivity contribution is 5.94. The van der Waals surface area contributed by atoms with Crippen molar-refractivity contribution < 1.29 is 13.9 Å². The number of amides is 1. The minimum atomic E-state index is -0.0118. The molecule has 0 aliphatic carbocycles. The number of nitrogens with zero attached hydrogens (tertiary/aromatic N) is 4. The van der Waals surface area contributed by atoms with E-state index in [2.05, 4.69) is 10.3 Å². The van der Waals surface area contributed by atoms with Gasteiger partial charge in [0.1, 0.15) is 12.0 Å². The van der Waals surface area contributed by atoms with E-state index in [-0.39, 0.29) is 11.9 Å². The van der Waals surface area contributed by atoms with Crippen LogP contribution < -0.4 is 0 Å². The molecule has 0 N–H and O–H groups in total. The van der Waals surface area contributed by atoms with Crippen molar-refractivity contribution in [3.63, 3.8) is 0 Å². The molecule has 1 saturated heterocycles. The van der Waals surface area contributed by atoms with Crippen molar-refractivity contribution in [3.05, 3.63) is 36.0 Å². The Morgan fingerprint density at radius 1 is 1.58 bits per heavy atom. The summed E-state index contributed by atoms with van der Waals surface area (Å²) in [6, 6.07) is 1.86. The highest BCUT2D eigenvalue weighted by Crippen LogP contribution is 2.22. The molecule has 0 saturated carbocycles. The van der Waals surface area contributed by atoms with Crippen molar-refractivity contribution in [1.82, 2.24) is 19.9 Å². The van der Waals surface area contributed by atoms with Gasteiger partial charge >= 0.3 is 0 Å².